The fourth-order valence-electron chi connectivity index (χ4n) is 2.88. The van der Waals surface area contributed by atoms with Gasteiger partial charge in [-0.15, -0.1) is 23.7 Å². The molecule has 1 aliphatic heterocycles. The third-order valence-corrected chi connectivity index (χ3v) is 4.91. The summed E-state index contributed by atoms with van der Waals surface area (Å²) < 4.78 is 27.0. The molecule has 4 nitrogen and oxygen atoms in total. The van der Waals surface area contributed by atoms with Gasteiger partial charge in [-0.1, -0.05) is 0 Å². The van der Waals surface area contributed by atoms with Gasteiger partial charge in [0, 0.05) is 23.5 Å². The molecule has 2 aromatic rings. The number of aromatic nitrogens is 1. The second-order valence-electron chi connectivity index (χ2n) is 5.70. The van der Waals surface area contributed by atoms with E-state index in [-0.39, 0.29) is 29.7 Å². The van der Waals surface area contributed by atoms with Crippen LogP contribution in [0, 0.1) is 17.6 Å². The molecule has 2 N–H and O–H groups in total. The van der Waals surface area contributed by atoms with Crippen molar-refractivity contribution < 1.29 is 13.6 Å². The third kappa shape index (κ3) is 4.28. The van der Waals surface area contributed by atoms with Gasteiger partial charge in [0.1, 0.15) is 11.6 Å². The lowest BCUT2D eigenvalue weighted by Crippen LogP contribution is -2.36. The van der Waals surface area contributed by atoms with E-state index in [4.69, 9.17) is 5.73 Å². The predicted octanol–water partition coefficient (Wildman–Crippen LogP) is 3.52. The van der Waals surface area contributed by atoms with E-state index in [2.05, 4.69) is 9.88 Å². The lowest BCUT2D eigenvalue weighted by molar-refractivity contribution is 0.0831. The first kappa shape index (κ1) is 18.8. The highest BCUT2D eigenvalue weighted by Gasteiger charge is 2.27. The van der Waals surface area contributed by atoms with Gasteiger partial charge < -0.3 is 5.73 Å². The maximum absolute atomic E-state index is 13.7. The molecule has 1 saturated heterocycles. The summed E-state index contributed by atoms with van der Waals surface area (Å²) in [5.41, 5.74) is 5.47. The Kier molecular flexibility index (Phi) is 6.26. The quantitative estimate of drug-likeness (QED) is 0.833. The van der Waals surface area contributed by atoms with E-state index < -0.39 is 11.6 Å². The fourth-order valence-corrected chi connectivity index (χ4v) is 3.60. The van der Waals surface area contributed by atoms with Crippen molar-refractivity contribution >= 4 is 34.7 Å². The van der Waals surface area contributed by atoms with Gasteiger partial charge in [0.05, 0.1) is 5.56 Å². The number of thiazole rings is 1. The Morgan fingerprint density at radius 2 is 2.04 bits per heavy atom. The maximum atomic E-state index is 13.7. The molecule has 3 rings (SSSR count). The van der Waals surface area contributed by atoms with Crippen LogP contribution in [0.15, 0.2) is 24.4 Å². The third-order valence-electron chi connectivity index (χ3n) is 4.10. The monoisotopic (exact) mass is 373 g/mol. The fraction of sp³-hybridized carbons (Fsp3) is 0.375. The number of nitrogens with two attached hydrogens (primary N) is 1. The van der Waals surface area contributed by atoms with E-state index in [1.54, 1.807) is 6.20 Å². The predicted molar refractivity (Wildman–Crippen MR) is 92.5 cm³/mol. The molecular weight excluding hydrogens is 356 g/mol. The minimum absolute atomic E-state index is 0. The summed E-state index contributed by atoms with van der Waals surface area (Å²) in [4.78, 5) is 19.7. The van der Waals surface area contributed by atoms with E-state index in [9.17, 15) is 13.6 Å². The number of hydrogen-bond acceptors (Lipinski definition) is 5. The maximum Gasteiger partial charge on any atom is 0.180 e. The molecule has 2 heterocycles. The molecule has 1 fully saturated rings. The van der Waals surface area contributed by atoms with Gasteiger partial charge in [-0.2, -0.15) is 0 Å². The van der Waals surface area contributed by atoms with Gasteiger partial charge in [0.15, 0.2) is 10.9 Å². The van der Waals surface area contributed by atoms with Crippen LogP contribution in [0.5, 0.6) is 0 Å². The van der Waals surface area contributed by atoms with Gasteiger partial charge in [0.2, 0.25) is 0 Å². The number of rotatable bonds is 4. The van der Waals surface area contributed by atoms with Crippen LogP contribution in [0.25, 0.3) is 0 Å². The zero-order valence-corrected chi connectivity index (χ0v) is 14.5. The van der Waals surface area contributed by atoms with E-state index in [1.165, 1.54) is 11.3 Å². The Labute approximate surface area is 149 Å². The first-order valence-electron chi connectivity index (χ1n) is 7.44. The summed E-state index contributed by atoms with van der Waals surface area (Å²) in [7, 11) is 0. The molecule has 0 spiro atoms. The summed E-state index contributed by atoms with van der Waals surface area (Å²) in [6.45, 7) is 2.24. The van der Waals surface area contributed by atoms with Crippen molar-refractivity contribution in [1.29, 1.82) is 0 Å². The van der Waals surface area contributed by atoms with E-state index in [1.807, 2.05) is 0 Å². The first-order valence-corrected chi connectivity index (χ1v) is 8.26. The summed E-state index contributed by atoms with van der Waals surface area (Å²) in [5.74, 6) is -1.80. The Morgan fingerprint density at radius 3 is 2.67 bits per heavy atom. The molecule has 0 saturated carbocycles. The largest absolute Gasteiger partial charge is 0.375 e. The Balaban J connectivity index is 0.00000208. The van der Waals surface area contributed by atoms with Crippen LogP contribution in [0.4, 0.5) is 13.9 Å². The summed E-state index contributed by atoms with van der Waals surface area (Å²) >= 11 is 1.46. The molecule has 130 valence electrons. The number of piperidine rings is 1. The molecule has 0 aliphatic carbocycles. The zero-order valence-electron chi connectivity index (χ0n) is 12.9. The van der Waals surface area contributed by atoms with Gasteiger partial charge in [-0.25, -0.2) is 13.8 Å². The normalized spacial score (nSPS) is 15.9. The summed E-state index contributed by atoms with van der Waals surface area (Å²) in [6.07, 6.45) is 3.05. The Morgan fingerprint density at radius 1 is 1.33 bits per heavy atom. The number of nitrogen functional groups attached to an aromatic ring is 1. The van der Waals surface area contributed by atoms with Crippen LogP contribution in [0.2, 0.25) is 0 Å². The molecule has 1 aromatic heterocycles. The zero-order chi connectivity index (χ0) is 16.4. The van der Waals surface area contributed by atoms with E-state index in [0.717, 1.165) is 42.7 Å². The smallest absolute Gasteiger partial charge is 0.180 e. The van der Waals surface area contributed by atoms with Crippen LogP contribution in [0.1, 0.15) is 28.1 Å². The second-order valence-corrected chi connectivity index (χ2v) is 6.85. The number of carbonyl (C=O) groups is 1. The SMILES string of the molecule is Cl.Nc1ncc(CN2CCC(C(=O)c3cc(F)ccc3F)CC2)s1. The van der Waals surface area contributed by atoms with Crippen LogP contribution in [-0.4, -0.2) is 28.8 Å². The number of anilines is 1. The summed E-state index contributed by atoms with van der Waals surface area (Å²) in [6, 6.07) is 3.02. The molecule has 24 heavy (non-hydrogen) atoms. The average molecular weight is 374 g/mol. The number of likely N-dealkylation sites (tertiary alicyclic amines) is 1. The Hall–Kier alpha value is -1.57. The van der Waals surface area contributed by atoms with Crippen molar-refractivity contribution in [2.45, 2.75) is 19.4 Å². The Bertz CT molecular complexity index is 717. The van der Waals surface area contributed by atoms with E-state index in [0.29, 0.717) is 18.0 Å². The van der Waals surface area contributed by atoms with Crippen molar-refractivity contribution in [3.8, 4) is 0 Å². The van der Waals surface area contributed by atoms with Crippen molar-refractivity contribution in [1.82, 2.24) is 9.88 Å². The van der Waals surface area contributed by atoms with Crippen molar-refractivity contribution in [2.24, 2.45) is 5.92 Å². The van der Waals surface area contributed by atoms with E-state index >= 15 is 0 Å². The standard InChI is InChI=1S/C16H17F2N3OS.ClH/c17-11-1-2-14(18)13(7-11)15(22)10-3-5-21(6-4-10)9-12-8-20-16(19)23-12;/h1-2,7-8,10H,3-6,9H2,(H2,19,20);1H. The van der Waals surface area contributed by atoms with Crippen LogP contribution in [0.3, 0.4) is 0 Å². The molecular formula is C16H18ClF2N3OS. The lowest BCUT2D eigenvalue weighted by Gasteiger charge is -2.30. The van der Waals surface area contributed by atoms with Crippen molar-refractivity contribution in [2.75, 3.05) is 18.8 Å². The number of halogens is 3. The highest BCUT2D eigenvalue weighted by Crippen LogP contribution is 2.25. The minimum atomic E-state index is -0.654. The van der Waals surface area contributed by atoms with Gasteiger partial charge in [0.25, 0.3) is 0 Å². The van der Waals surface area contributed by atoms with Crippen LogP contribution in [-0.2, 0) is 6.54 Å². The number of benzene rings is 1. The summed E-state index contributed by atoms with van der Waals surface area (Å²) in [5, 5.41) is 0.548. The minimum Gasteiger partial charge on any atom is -0.375 e. The highest BCUT2D eigenvalue weighted by atomic mass is 35.5. The molecule has 0 atom stereocenters. The lowest BCUT2D eigenvalue weighted by atomic mass is 9.88. The van der Waals surface area contributed by atoms with Crippen LogP contribution < -0.4 is 5.73 Å². The first-order chi connectivity index (χ1) is 11.0. The van der Waals surface area contributed by atoms with Crippen LogP contribution >= 0.6 is 23.7 Å². The number of carbonyl (C=O) groups excluding carboxylic acids is 1. The second kappa shape index (κ2) is 8.00. The average Bonchev–Trinajstić information content (AvgIpc) is 2.95. The highest BCUT2D eigenvalue weighted by molar-refractivity contribution is 7.15. The number of nitrogens with zero attached hydrogens (tertiary/aromatic N) is 2. The van der Waals surface area contributed by atoms with Gasteiger partial charge in [-0.05, 0) is 44.1 Å². The van der Waals surface area contributed by atoms with Crippen molar-refractivity contribution in [3.05, 3.63) is 46.5 Å². The molecule has 8 heteroatoms. The molecule has 1 aliphatic rings. The molecule has 0 unspecified atom stereocenters. The van der Waals surface area contributed by atoms with Gasteiger partial charge in [-0.3, -0.25) is 9.69 Å². The topological polar surface area (TPSA) is 59.2 Å². The number of hydrogen-bond donors (Lipinski definition) is 1. The van der Waals surface area contributed by atoms with Gasteiger partial charge >= 0.3 is 0 Å². The number of Topliss-reactive ketones (excluding diaryl/α,β-unsaturated/α-hetero) is 1. The molecule has 0 amide bonds. The number of ketones is 1. The molecule has 0 bridgehead atoms. The van der Waals surface area contributed by atoms with Crippen molar-refractivity contribution in [3.63, 3.8) is 0 Å². The molecule has 1 aromatic carbocycles. The molecule has 0 radical (unpaired) electrons.